The summed E-state index contributed by atoms with van der Waals surface area (Å²) in [6.45, 7) is 5.41. The summed E-state index contributed by atoms with van der Waals surface area (Å²) in [6.07, 6.45) is -2.23. The van der Waals surface area contributed by atoms with Gasteiger partial charge in [0.25, 0.3) is 11.8 Å². The Balaban J connectivity index is 0.000000785. The number of nitrogens with one attached hydrogen (secondary N) is 4. The molecule has 3 atom stereocenters. The largest absolute Gasteiger partial charge is 0.490 e. The first-order chi connectivity index (χ1) is 24.7. The highest BCUT2D eigenvalue weighted by Gasteiger charge is 2.38. The SMILES string of the molecule is C[C@H](NC[C@H](Cc1cscn1)NC(=O)c1cc(C(=O)N[C@H](C)c2ccccc2)cc(N2CCCOC2=O)c1)C(=O)NCC1CC1.O=C(O)C(F)(F)F. The average Bonchev–Trinajstić information content (AvgIpc) is 3.82. The van der Waals surface area contributed by atoms with Gasteiger partial charge in [0.1, 0.15) is 0 Å². The number of cyclic esters (lactones) is 1. The van der Waals surface area contributed by atoms with Crippen molar-refractivity contribution >= 4 is 46.8 Å². The van der Waals surface area contributed by atoms with Gasteiger partial charge < -0.3 is 31.1 Å². The second kappa shape index (κ2) is 18.5. The van der Waals surface area contributed by atoms with E-state index in [4.69, 9.17) is 14.6 Å². The summed E-state index contributed by atoms with van der Waals surface area (Å²) >= 11 is 1.47. The maximum absolute atomic E-state index is 13.8. The summed E-state index contributed by atoms with van der Waals surface area (Å²) in [5.41, 5.74) is 4.36. The van der Waals surface area contributed by atoms with Gasteiger partial charge in [-0.1, -0.05) is 30.3 Å². The second-order valence-electron chi connectivity index (χ2n) is 12.5. The van der Waals surface area contributed by atoms with Gasteiger partial charge in [-0.2, -0.15) is 13.2 Å². The van der Waals surface area contributed by atoms with Gasteiger partial charge in [0, 0.05) is 54.3 Å². The number of aliphatic carboxylic acids is 1. The number of alkyl halides is 3. The molecule has 5 N–H and O–H groups in total. The van der Waals surface area contributed by atoms with Gasteiger partial charge in [0.05, 0.1) is 29.9 Å². The Morgan fingerprint density at radius 1 is 1.04 bits per heavy atom. The van der Waals surface area contributed by atoms with Crippen LogP contribution in [0.1, 0.15) is 71.1 Å². The predicted molar refractivity (Wildman–Crippen MR) is 186 cm³/mol. The van der Waals surface area contributed by atoms with Crippen LogP contribution in [-0.4, -0.2) is 84.4 Å². The number of hydrogen-bond acceptors (Lipinski definition) is 9. The number of rotatable bonds is 14. The number of carbonyl (C=O) groups is 5. The Labute approximate surface area is 302 Å². The molecule has 1 aliphatic heterocycles. The molecule has 0 spiro atoms. The molecular formula is C35H41F3N6O7S. The topological polar surface area (TPSA) is 179 Å². The first-order valence-corrected chi connectivity index (χ1v) is 17.6. The van der Waals surface area contributed by atoms with Crippen LogP contribution in [0, 0.1) is 5.92 Å². The molecule has 1 saturated heterocycles. The number of anilines is 1. The van der Waals surface area contributed by atoms with E-state index in [0.29, 0.717) is 50.7 Å². The lowest BCUT2D eigenvalue weighted by molar-refractivity contribution is -0.192. The fraction of sp³-hybridized carbons (Fsp3) is 0.429. The second-order valence-corrected chi connectivity index (χ2v) is 13.2. The number of amides is 4. The number of carboxylic acids is 1. The van der Waals surface area contributed by atoms with Crippen LogP contribution in [0.2, 0.25) is 0 Å². The summed E-state index contributed by atoms with van der Waals surface area (Å²) in [7, 11) is 0. The first-order valence-electron chi connectivity index (χ1n) is 16.7. The van der Waals surface area contributed by atoms with Gasteiger partial charge in [-0.25, -0.2) is 14.6 Å². The van der Waals surface area contributed by atoms with Crippen molar-refractivity contribution < 1.29 is 47.0 Å². The van der Waals surface area contributed by atoms with Crippen molar-refractivity contribution in [2.24, 2.45) is 5.92 Å². The molecule has 1 aromatic heterocycles. The van der Waals surface area contributed by atoms with Crippen LogP contribution in [-0.2, 0) is 20.7 Å². The molecule has 2 heterocycles. The lowest BCUT2D eigenvalue weighted by Gasteiger charge is -2.27. The van der Waals surface area contributed by atoms with Crippen LogP contribution in [0.4, 0.5) is 23.7 Å². The normalized spacial score (nSPS) is 15.9. The van der Waals surface area contributed by atoms with Gasteiger partial charge in [-0.3, -0.25) is 19.3 Å². The van der Waals surface area contributed by atoms with E-state index < -0.39 is 36.2 Å². The Kier molecular flexibility index (Phi) is 14.1. The van der Waals surface area contributed by atoms with Gasteiger partial charge >= 0.3 is 18.2 Å². The van der Waals surface area contributed by atoms with Crippen molar-refractivity contribution in [1.29, 1.82) is 0 Å². The van der Waals surface area contributed by atoms with E-state index in [2.05, 4.69) is 26.3 Å². The molecule has 5 rings (SSSR count). The van der Waals surface area contributed by atoms with Crippen molar-refractivity contribution in [2.75, 3.05) is 31.1 Å². The molecule has 0 unspecified atom stereocenters. The Morgan fingerprint density at radius 2 is 1.69 bits per heavy atom. The van der Waals surface area contributed by atoms with Gasteiger partial charge in [-0.15, -0.1) is 11.3 Å². The van der Waals surface area contributed by atoms with E-state index in [1.165, 1.54) is 22.3 Å². The van der Waals surface area contributed by atoms with Crippen LogP contribution < -0.4 is 26.2 Å². The minimum atomic E-state index is -5.08. The number of benzene rings is 2. The van der Waals surface area contributed by atoms with Crippen molar-refractivity contribution in [2.45, 2.75) is 63.8 Å². The molecular weight excluding hydrogens is 705 g/mol. The van der Waals surface area contributed by atoms with Crippen LogP contribution >= 0.6 is 11.3 Å². The van der Waals surface area contributed by atoms with Gasteiger partial charge in [-0.05, 0) is 62.8 Å². The van der Waals surface area contributed by atoms with E-state index in [0.717, 1.165) is 24.1 Å². The minimum Gasteiger partial charge on any atom is -0.475 e. The molecule has 4 amide bonds. The summed E-state index contributed by atoms with van der Waals surface area (Å²) in [4.78, 5) is 67.2. The molecule has 17 heteroatoms. The maximum Gasteiger partial charge on any atom is 0.490 e. The van der Waals surface area contributed by atoms with Crippen LogP contribution in [0.3, 0.4) is 0 Å². The highest BCUT2D eigenvalue weighted by molar-refractivity contribution is 7.07. The summed E-state index contributed by atoms with van der Waals surface area (Å²) < 4.78 is 37.0. The molecule has 3 aromatic rings. The standard InChI is InChI=1S/C33H40N6O5S.C2HF3O2/c1-21(24-7-4-3-5-8-24)37-31(41)25-13-26(15-29(14-25)39-11-6-12-44-33(39)43)32(42)38-27(16-28-19-45-20-36-28)18-34-22(2)30(40)35-17-23-9-10-23;3-2(4,5)1(6)7/h3-5,7-8,13-15,19-23,27,34H,6,9-12,16-18H2,1-2H3,(H,35,40)(H,37,41)(H,38,42);(H,6,7)/t21-,22+,27+;/m1./s1. The fourth-order valence-electron chi connectivity index (χ4n) is 5.09. The van der Waals surface area contributed by atoms with Crippen molar-refractivity contribution in [3.63, 3.8) is 0 Å². The van der Waals surface area contributed by atoms with Crippen LogP contribution in [0.25, 0.3) is 0 Å². The Bertz CT molecular complexity index is 1690. The third kappa shape index (κ3) is 12.3. The number of carbonyl (C=O) groups excluding carboxylic acids is 4. The third-order valence-corrected chi connectivity index (χ3v) is 8.85. The summed E-state index contributed by atoms with van der Waals surface area (Å²) in [5, 5.41) is 21.3. The first kappa shape index (κ1) is 39.8. The number of halogens is 3. The lowest BCUT2D eigenvalue weighted by atomic mass is 10.0. The molecule has 13 nitrogen and oxygen atoms in total. The summed E-state index contributed by atoms with van der Waals surface area (Å²) in [5.74, 6) is -3.05. The minimum absolute atomic E-state index is 0.0814. The zero-order valence-electron chi connectivity index (χ0n) is 28.6. The van der Waals surface area contributed by atoms with Crippen LogP contribution in [0.15, 0.2) is 59.4 Å². The molecule has 0 bridgehead atoms. The number of aromatic nitrogens is 1. The third-order valence-electron chi connectivity index (χ3n) is 8.22. The Morgan fingerprint density at radius 3 is 2.27 bits per heavy atom. The highest BCUT2D eigenvalue weighted by Crippen LogP contribution is 2.27. The number of hydrogen-bond donors (Lipinski definition) is 5. The number of carboxylic acid groups (broad SMARTS) is 1. The molecule has 0 radical (unpaired) electrons. The van der Waals surface area contributed by atoms with Gasteiger partial charge in [0.2, 0.25) is 5.91 Å². The van der Waals surface area contributed by atoms with E-state index in [1.54, 1.807) is 24.6 Å². The monoisotopic (exact) mass is 746 g/mol. The molecule has 2 aromatic carbocycles. The van der Waals surface area contributed by atoms with Crippen LogP contribution in [0.5, 0.6) is 0 Å². The molecule has 2 aliphatic rings. The molecule has 52 heavy (non-hydrogen) atoms. The smallest absolute Gasteiger partial charge is 0.475 e. The van der Waals surface area contributed by atoms with Crippen molar-refractivity contribution in [3.05, 3.63) is 81.8 Å². The molecule has 1 saturated carbocycles. The van der Waals surface area contributed by atoms with E-state index in [-0.39, 0.29) is 29.0 Å². The highest BCUT2D eigenvalue weighted by atomic mass is 32.1. The zero-order valence-corrected chi connectivity index (χ0v) is 29.4. The molecule has 1 aliphatic carbocycles. The lowest BCUT2D eigenvalue weighted by Crippen LogP contribution is -2.49. The number of thiazole rings is 1. The number of nitrogens with zero attached hydrogens (tertiary/aromatic N) is 2. The van der Waals surface area contributed by atoms with E-state index in [1.807, 2.05) is 42.6 Å². The van der Waals surface area contributed by atoms with E-state index >= 15 is 0 Å². The Hall–Kier alpha value is -5.03. The van der Waals surface area contributed by atoms with Crippen molar-refractivity contribution in [1.82, 2.24) is 26.3 Å². The quantitative estimate of drug-likeness (QED) is 0.159. The molecule has 2 fully saturated rings. The average molecular weight is 747 g/mol. The zero-order chi connectivity index (χ0) is 37.8. The predicted octanol–water partition coefficient (Wildman–Crippen LogP) is 4.46. The summed E-state index contributed by atoms with van der Waals surface area (Å²) in [6, 6.07) is 13.2. The fourth-order valence-corrected chi connectivity index (χ4v) is 5.66. The molecule has 280 valence electrons. The van der Waals surface area contributed by atoms with Gasteiger partial charge in [0.15, 0.2) is 0 Å². The van der Waals surface area contributed by atoms with E-state index in [9.17, 15) is 32.3 Å². The van der Waals surface area contributed by atoms with Crippen molar-refractivity contribution in [3.8, 4) is 0 Å². The maximum atomic E-state index is 13.8. The number of ether oxygens (including phenoxy) is 1.